The fourth-order valence-corrected chi connectivity index (χ4v) is 1.75. The highest BCUT2D eigenvalue weighted by molar-refractivity contribution is 6.30. The van der Waals surface area contributed by atoms with Crippen LogP contribution >= 0.6 is 11.6 Å². The van der Waals surface area contributed by atoms with Gasteiger partial charge in [0.15, 0.2) is 0 Å². The lowest BCUT2D eigenvalue weighted by Crippen LogP contribution is -2.23. The van der Waals surface area contributed by atoms with Gasteiger partial charge in [-0.3, -0.25) is 0 Å². The highest BCUT2D eigenvalue weighted by Gasteiger charge is 2.31. The first-order chi connectivity index (χ1) is 6.66. The van der Waals surface area contributed by atoms with Gasteiger partial charge in [0.2, 0.25) is 0 Å². The van der Waals surface area contributed by atoms with E-state index in [2.05, 4.69) is 5.32 Å². The second-order valence-electron chi connectivity index (χ2n) is 3.31. The molecule has 0 spiro atoms. The van der Waals surface area contributed by atoms with Crippen LogP contribution in [0.5, 0.6) is 0 Å². The molecule has 0 radical (unpaired) electrons. The molecule has 1 amide bonds. The number of ether oxygens (including phenoxy) is 1. The van der Waals surface area contributed by atoms with Crippen molar-refractivity contribution in [3.05, 3.63) is 34.9 Å². The molecule has 1 N–H and O–H groups in total. The zero-order valence-corrected chi connectivity index (χ0v) is 8.41. The number of nitrogens with one attached hydrogen (secondary N) is 1. The Morgan fingerprint density at radius 2 is 2.29 bits per heavy atom. The number of carbonyl (C=O) groups is 1. The first-order valence-electron chi connectivity index (χ1n) is 4.39. The predicted molar refractivity (Wildman–Crippen MR) is 53.3 cm³/mol. The van der Waals surface area contributed by atoms with Crippen LogP contribution in [-0.4, -0.2) is 12.1 Å². The Bertz CT molecular complexity index is 367. The van der Waals surface area contributed by atoms with E-state index >= 15 is 0 Å². The smallest absolute Gasteiger partial charge is 0.408 e. The van der Waals surface area contributed by atoms with Crippen LogP contribution in [0.15, 0.2) is 24.3 Å². The average Bonchev–Trinajstić information content (AvgIpc) is 2.45. The van der Waals surface area contributed by atoms with E-state index in [1.807, 2.05) is 25.1 Å². The fourth-order valence-electron chi connectivity index (χ4n) is 1.55. The van der Waals surface area contributed by atoms with Crippen LogP contribution in [0.4, 0.5) is 4.79 Å². The SMILES string of the molecule is C[C@@H]1NC(=O)O[C@H]1c1cccc(Cl)c1. The molecule has 1 fully saturated rings. The van der Waals surface area contributed by atoms with Crippen molar-refractivity contribution in [3.63, 3.8) is 0 Å². The summed E-state index contributed by atoms with van der Waals surface area (Å²) in [7, 11) is 0. The number of amides is 1. The fraction of sp³-hybridized carbons (Fsp3) is 0.300. The van der Waals surface area contributed by atoms with Crippen molar-refractivity contribution in [2.45, 2.75) is 19.1 Å². The van der Waals surface area contributed by atoms with E-state index in [0.717, 1.165) is 5.56 Å². The molecule has 14 heavy (non-hydrogen) atoms. The van der Waals surface area contributed by atoms with Crippen molar-refractivity contribution < 1.29 is 9.53 Å². The number of rotatable bonds is 1. The van der Waals surface area contributed by atoms with Gasteiger partial charge in [0.25, 0.3) is 0 Å². The number of alkyl carbamates (subject to hydrolysis) is 1. The first kappa shape index (κ1) is 9.34. The van der Waals surface area contributed by atoms with Crippen LogP contribution in [0, 0.1) is 0 Å². The lowest BCUT2D eigenvalue weighted by Gasteiger charge is -2.12. The molecule has 74 valence electrons. The summed E-state index contributed by atoms with van der Waals surface area (Å²) in [5.41, 5.74) is 0.920. The predicted octanol–water partition coefficient (Wildman–Crippen LogP) is 2.51. The zero-order valence-electron chi connectivity index (χ0n) is 7.66. The Balaban J connectivity index is 2.27. The second-order valence-corrected chi connectivity index (χ2v) is 3.75. The summed E-state index contributed by atoms with van der Waals surface area (Å²) >= 11 is 5.85. The van der Waals surface area contributed by atoms with Crippen molar-refractivity contribution in [3.8, 4) is 0 Å². The molecule has 1 aliphatic heterocycles. The molecule has 1 aliphatic rings. The average molecular weight is 212 g/mol. The summed E-state index contributed by atoms with van der Waals surface area (Å²) < 4.78 is 5.11. The van der Waals surface area contributed by atoms with E-state index in [4.69, 9.17) is 16.3 Å². The maximum Gasteiger partial charge on any atom is 0.408 e. The molecule has 0 bridgehead atoms. The minimum atomic E-state index is -0.373. The van der Waals surface area contributed by atoms with Gasteiger partial charge < -0.3 is 10.1 Å². The molecule has 2 rings (SSSR count). The van der Waals surface area contributed by atoms with E-state index in [0.29, 0.717) is 5.02 Å². The van der Waals surface area contributed by atoms with Crippen LogP contribution in [0.2, 0.25) is 5.02 Å². The minimum absolute atomic E-state index is 0.0130. The molecule has 4 heteroatoms. The number of hydrogen-bond acceptors (Lipinski definition) is 2. The number of halogens is 1. The van der Waals surface area contributed by atoms with Gasteiger partial charge in [0.1, 0.15) is 6.10 Å². The van der Waals surface area contributed by atoms with Gasteiger partial charge in [-0.15, -0.1) is 0 Å². The molecule has 3 nitrogen and oxygen atoms in total. The lowest BCUT2D eigenvalue weighted by molar-refractivity contribution is 0.134. The second kappa shape index (κ2) is 3.50. The standard InChI is InChI=1S/C10H10ClNO2/c1-6-9(14-10(13)12-6)7-3-2-4-8(11)5-7/h2-6,9H,1H3,(H,12,13)/t6-,9+/m0/s1. The molecule has 0 saturated carbocycles. The van der Waals surface area contributed by atoms with Crippen molar-refractivity contribution in [2.75, 3.05) is 0 Å². The van der Waals surface area contributed by atoms with Gasteiger partial charge in [-0.05, 0) is 24.6 Å². The molecule has 2 atom stereocenters. The maximum absolute atomic E-state index is 11.0. The molecular weight excluding hydrogens is 202 g/mol. The first-order valence-corrected chi connectivity index (χ1v) is 4.77. The summed E-state index contributed by atoms with van der Waals surface area (Å²) in [6.07, 6.45) is -0.608. The number of benzene rings is 1. The van der Waals surface area contributed by atoms with Crippen molar-refractivity contribution >= 4 is 17.7 Å². The maximum atomic E-state index is 11.0. The van der Waals surface area contributed by atoms with Gasteiger partial charge in [-0.25, -0.2) is 4.79 Å². The Morgan fingerprint density at radius 3 is 2.86 bits per heavy atom. The Hall–Kier alpha value is -1.22. The Morgan fingerprint density at radius 1 is 1.50 bits per heavy atom. The van der Waals surface area contributed by atoms with Crippen LogP contribution in [-0.2, 0) is 4.74 Å². The molecule has 0 aromatic heterocycles. The molecule has 0 aliphatic carbocycles. The third kappa shape index (κ3) is 1.68. The molecule has 1 aromatic rings. The summed E-state index contributed by atoms with van der Waals surface area (Å²) in [6.45, 7) is 1.90. The minimum Gasteiger partial charge on any atom is -0.439 e. The molecule has 1 saturated heterocycles. The monoisotopic (exact) mass is 211 g/mol. The van der Waals surface area contributed by atoms with Gasteiger partial charge in [0.05, 0.1) is 6.04 Å². The van der Waals surface area contributed by atoms with Crippen molar-refractivity contribution in [2.24, 2.45) is 0 Å². The van der Waals surface area contributed by atoms with Crippen LogP contribution in [0.3, 0.4) is 0 Å². The normalized spacial score (nSPS) is 25.7. The molecule has 1 aromatic carbocycles. The number of carbonyl (C=O) groups excluding carboxylic acids is 1. The van der Waals surface area contributed by atoms with E-state index < -0.39 is 0 Å². The van der Waals surface area contributed by atoms with Crippen LogP contribution < -0.4 is 5.32 Å². The molecular formula is C10H10ClNO2. The third-order valence-electron chi connectivity index (χ3n) is 2.21. The summed E-state index contributed by atoms with van der Waals surface area (Å²) in [6, 6.07) is 7.33. The third-order valence-corrected chi connectivity index (χ3v) is 2.45. The van der Waals surface area contributed by atoms with Crippen LogP contribution in [0.25, 0.3) is 0 Å². The van der Waals surface area contributed by atoms with Gasteiger partial charge in [0, 0.05) is 5.02 Å². The molecule has 1 heterocycles. The summed E-state index contributed by atoms with van der Waals surface area (Å²) in [5, 5.41) is 3.33. The quantitative estimate of drug-likeness (QED) is 0.775. The molecule has 0 unspecified atom stereocenters. The Kier molecular flexibility index (Phi) is 2.33. The Labute approximate surface area is 87.0 Å². The van der Waals surface area contributed by atoms with E-state index in [1.54, 1.807) is 6.07 Å². The van der Waals surface area contributed by atoms with E-state index in [-0.39, 0.29) is 18.2 Å². The lowest BCUT2D eigenvalue weighted by atomic mass is 10.0. The highest BCUT2D eigenvalue weighted by atomic mass is 35.5. The number of cyclic esters (lactones) is 1. The number of hydrogen-bond donors (Lipinski definition) is 1. The topological polar surface area (TPSA) is 38.3 Å². The van der Waals surface area contributed by atoms with Crippen LogP contribution in [0.1, 0.15) is 18.6 Å². The highest BCUT2D eigenvalue weighted by Crippen LogP contribution is 2.27. The van der Waals surface area contributed by atoms with E-state index in [1.165, 1.54) is 0 Å². The van der Waals surface area contributed by atoms with Gasteiger partial charge in [-0.1, -0.05) is 23.7 Å². The largest absolute Gasteiger partial charge is 0.439 e. The van der Waals surface area contributed by atoms with Gasteiger partial charge in [-0.2, -0.15) is 0 Å². The van der Waals surface area contributed by atoms with Gasteiger partial charge >= 0.3 is 6.09 Å². The summed E-state index contributed by atoms with van der Waals surface area (Å²) in [4.78, 5) is 11.0. The van der Waals surface area contributed by atoms with E-state index in [9.17, 15) is 4.79 Å². The summed E-state index contributed by atoms with van der Waals surface area (Å²) in [5.74, 6) is 0. The van der Waals surface area contributed by atoms with Crippen molar-refractivity contribution in [1.29, 1.82) is 0 Å². The van der Waals surface area contributed by atoms with Crippen molar-refractivity contribution in [1.82, 2.24) is 5.32 Å². The zero-order chi connectivity index (χ0) is 10.1.